The van der Waals surface area contributed by atoms with Crippen LogP contribution in [-0.2, 0) is 22.2 Å². The van der Waals surface area contributed by atoms with Gasteiger partial charge in [-0.05, 0) is 74.5 Å². The fraction of sp³-hybridized carbons (Fsp3) is 0.387. The Hall–Kier alpha value is -3.23. The predicted molar refractivity (Wildman–Crippen MR) is 149 cm³/mol. The van der Waals surface area contributed by atoms with Crippen LogP contribution in [0.5, 0.6) is 5.75 Å². The van der Waals surface area contributed by atoms with E-state index in [-0.39, 0.29) is 40.5 Å². The van der Waals surface area contributed by atoms with Crippen LogP contribution in [0.1, 0.15) is 54.1 Å². The fourth-order valence-electron chi connectivity index (χ4n) is 5.66. The molecule has 206 valence electrons. The van der Waals surface area contributed by atoms with E-state index in [9.17, 15) is 13.2 Å². The van der Waals surface area contributed by atoms with Gasteiger partial charge in [0.15, 0.2) is 9.84 Å². The fourth-order valence-corrected chi connectivity index (χ4v) is 7.09. The first kappa shape index (κ1) is 27.3. The van der Waals surface area contributed by atoms with Crippen molar-refractivity contribution >= 4 is 15.7 Å². The molecule has 8 heteroatoms. The number of carbonyl (C=O) groups is 1. The van der Waals surface area contributed by atoms with Gasteiger partial charge in [-0.1, -0.05) is 42.5 Å². The number of carbonyl (C=O) groups excluding carboxylic acids is 1. The van der Waals surface area contributed by atoms with Gasteiger partial charge in [0, 0.05) is 31.2 Å². The van der Waals surface area contributed by atoms with E-state index in [0.29, 0.717) is 23.7 Å². The van der Waals surface area contributed by atoms with Gasteiger partial charge in [-0.2, -0.15) is 0 Å². The lowest BCUT2D eigenvalue weighted by Crippen LogP contribution is -2.44. The van der Waals surface area contributed by atoms with E-state index >= 15 is 4.39 Å². The highest BCUT2D eigenvalue weighted by molar-refractivity contribution is 7.90. The van der Waals surface area contributed by atoms with E-state index in [2.05, 4.69) is 11.8 Å². The number of amides is 1. The van der Waals surface area contributed by atoms with E-state index in [1.54, 1.807) is 54.6 Å². The van der Waals surface area contributed by atoms with Crippen molar-refractivity contribution in [2.24, 2.45) is 0 Å². The molecule has 2 fully saturated rings. The van der Waals surface area contributed by atoms with Gasteiger partial charge in [-0.25, -0.2) is 12.8 Å². The van der Waals surface area contributed by atoms with Gasteiger partial charge in [-0.15, -0.1) is 0 Å². The van der Waals surface area contributed by atoms with Crippen LogP contribution in [0.4, 0.5) is 4.39 Å². The molecule has 0 spiro atoms. The molecule has 0 saturated carbocycles. The largest absolute Gasteiger partial charge is 0.489 e. The van der Waals surface area contributed by atoms with E-state index in [1.165, 1.54) is 25.0 Å². The Morgan fingerprint density at radius 3 is 2.38 bits per heavy atom. The van der Waals surface area contributed by atoms with Gasteiger partial charge in [0.05, 0.1) is 16.2 Å². The van der Waals surface area contributed by atoms with Crippen LogP contribution < -0.4 is 4.74 Å². The normalized spacial score (nSPS) is 19.9. The lowest BCUT2D eigenvalue weighted by Gasteiger charge is -2.31. The Labute approximate surface area is 230 Å². The van der Waals surface area contributed by atoms with Crippen LogP contribution in [0.3, 0.4) is 0 Å². The molecule has 0 bridgehead atoms. The summed E-state index contributed by atoms with van der Waals surface area (Å²) in [5.74, 6) is -0.762. The molecule has 0 aromatic heterocycles. The Balaban J connectivity index is 1.24. The SMILES string of the molecule is C[C@H]1CCCN1CC1CCCN1C(=O)c1ccc(OCc2ccccc2CS(=O)(=O)c2ccccc2)cc1F. The lowest BCUT2D eigenvalue weighted by atomic mass is 10.1. The third-order valence-electron chi connectivity index (χ3n) is 7.91. The summed E-state index contributed by atoms with van der Waals surface area (Å²) in [6.07, 6.45) is 4.24. The zero-order valence-corrected chi connectivity index (χ0v) is 23.1. The summed E-state index contributed by atoms with van der Waals surface area (Å²) in [4.78, 5) is 17.8. The molecule has 2 aliphatic heterocycles. The second-order valence-corrected chi connectivity index (χ2v) is 12.5. The molecule has 0 radical (unpaired) electrons. The number of hydrogen-bond acceptors (Lipinski definition) is 5. The minimum Gasteiger partial charge on any atom is -0.489 e. The molecule has 2 atom stereocenters. The number of hydrogen-bond donors (Lipinski definition) is 0. The second-order valence-electron chi connectivity index (χ2n) is 10.6. The highest BCUT2D eigenvalue weighted by Gasteiger charge is 2.34. The predicted octanol–water partition coefficient (Wildman–Crippen LogP) is 5.47. The monoisotopic (exact) mass is 550 g/mol. The number of ether oxygens (including phenoxy) is 1. The van der Waals surface area contributed by atoms with Gasteiger partial charge < -0.3 is 9.64 Å². The molecule has 0 aliphatic carbocycles. The molecule has 2 heterocycles. The summed E-state index contributed by atoms with van der Waals surface area (Å²) in [6, 6.07) is 20.5. The van der Waals surface area contributed by atoms with Gasteiger partial charge in [0.2, 0.25) is 0 Å². The molecule has 39 heavy (non-hydrogen) atoms. The van der Waals surface area contributed by atoms with Gasteiger partial charge in [0.25, 0.3) is 5.91 Å². The van der Waals surface area contributed by atoms with E-state index in [1.807, 2.05) is 11.0 Å². The van der Waals surface area contributed by atoms with Crippen molar-refractivity contribution in [1.29, 1.82) is 0 Å². The van der Waals surface area contributed by atoms with Crippen molar-refractivity contribution in [3.8, 4) is 5.75 Å². The summed E-state index contributed by atoms with van der Waals surface area (Å²) in [5, 5.41) is 0. The first-order valence-electron chi connectivity index (χ1n) is 13.6. The van der Waals surface area contributed by atoms with Crippen LogP contribution in [-0.4, -0.2) is 55.8 Å². The maximum absolute atomic E-state index is 15.1. The zero-order valence-electron chi connectivity index (χ0n) is 22.3. The van der Waals surface area contributed by atoms with Crippen LogP contribution in [0.15, 0.2) is 77.7 Å². The Bertz CT molecular complexity index is 1410. The first-order chi connectivity index (χ1) is 18.8. The topological polar surface area (TPSA) is 66.9 Å². The van der Waals surface area contributed by atoms with Crippen LogP contribution in [0.2, 0.25) is 0 Å². The Morgan fingerprint density at radius 2 is 1.67 bits per heavy atom. The summed E-state index contributed by atoms with van der Waals surface area (Å²) in [7, 11) is -3.53. The molecule has 0 N–H and O–H groups in total. The van der Waals surface area contributed by atoms with E-state index < -0.39 is 15.7 Å². The van der Waals surface area contributed by atoms with Crippen molar-refractivity contribution in [3.63, 3.8) is 0 Å². The van der Waals surface area contributed by atoms with Gasteiger partial charge in [0.1, 0.15) is 18.2 Å². The van der Waals surface area contributed by atoms with Crippen molar-refractivity contribution in [2.45, 2.75) is 61.9 Å². The molecule has 2 aliphatic rings. The van der Waals surface area contributed by atoms with Crippen LogP contribution in [0.25, 0.3) is 0 Å². The average Bonchev–Trinajstić information content (AvgIpc) is 3.57. The third kappa shape index (κ3) is 6.34. The standard InChI is InChI=1S/C31H35FN2O4S/c1-23-9-7-17-33(23)20-26-12-8-18-34(26)31(35)29-16-15-27(19-30(29)32)38-21-24-10-5-6-11-25(24)22-39(36,37)28-13-3-2-4-14-28/h2-6,10-11,13-16,19,23,26H,7-9,12,17-18,20-22H2,1H3/t23-,26?/m0/s1. The van der Waals surface area contributed by atoms with Crippen molar-refractivity contribution in [2.75, 3.05) is 19.6 Å². The van der Waals surface area contributed by atoms with Crippen molar-refractivity contribution in [1.82, 2.24) is 9.80 Å². The maximum atomic E-state index is 15.1. The first-order valence-corrected chi connectivity index (χ1v) is 15.3. The van der Waals surface area contributed by atoms with Crippen molar-refractivity contribution in [3.05, 3.63) is 95.3 Å². The number of likely N-dealkylation sites (tertiary alicyclic amines) is 2. The smallest absolute Gasteiger partial charge is 0.257 e. The molecule has 6 nitrogen and oxygen atoms in total. The molecule has 1 unspecified atom stereocenters. The number of benzene rings is 3. The average molecular weight is 551 g/mol. The quantitative estimate of drug-likeness (QED) is 0.354. The second kappa shape index (κ2) is 11.9. The van der Waals surface area contributed by atoms with Crippen molar-refractivity contribution < 1.29 is 22.3 Å². The molecule has 3 aromatic carbocycles. The molecule has 1 amide bonds. The van der Waals surface area contributed by atoms with E-state index in [4.69, 9.17) is 4.74 Å². The van der Waals surface area contributed by atoms with Gasteiger partial charge in [-0.3, -0.25) is 9.69 Å². The lowest BCUT2D eigenvalue weighted by molar-refractivity contribution is 0.0692. The summed E-state index contributed by atoms with van der Waals surface area (Å²) >= 11 is 0. The van der Waals surface area contributed by atoms with Gasteiger partial charge >= 0.3 is 0 Å². The zero-order chi connectivity index (χ0) is 27.4. The van der Waals surface area contributed by atoms with E-state index in [0.717, 1.165) is 25.9 Å². The molecular weight excluding hydrogens is 515 g/mol. The Kier molecular flexibility index (Phi) is 8.33. The molecule has 2 saturated heterocycles. The molecular formula is C31H35FN2O4S. The van der Waals surface area contributed by atoms with Crippen LogP contribution >= 0.6 is 0 Å². The Morgan fingerprint density at radius 1 is 0.949 bits per heavy atom. The molecule has 3 aromatic rings. The minimum atomic E-state index is -3.53. The minimum absolute atomic E-state index is 0.0538. The summed E-state index contributed by atoms with van der Waals surface area (Å²) in [6.45, 7) is 4.85. The van der Waals surface area contributed by atoms with Crippen LogP contribution in [0, 0.1) is 5.82 Å². The number of sulfone groups is 1. The number of nitrogens with zero attached hydrogens (tertiary/aromatic N) is 2. The summed E-state index contributed by atoms with van der Waals surface area (Å²) < 4.78 is 46.8. The molecule has 5 rings (SSSR count). The number of halogens is 1. The maximum Gasteiger partial charge on any atom is 0.257 e. The summed E-state index contributed by atoms with van der Waals surface area (Å²) in [5.41, 5.74) is 1.38. The third-order valence-corrected chi connectivity index (χ3v) is 9.59. The highest BCUT2D eigenvalue weighted by Crippen LogP contribution is 2.27. The number of rotatable bonds is 9. The highest BCUT2D eigenvalue weighted by atomic mass is 32.2.